The quantitative estimate of drug-likeness (QED) is 0.860. The first-order valence-corrected chi connectivity index (χ1v) is 5.86. The lowest BCUT2D eigenvalue weighted by Gasteiger charge is -2.25. The molecule has 4 nitrogen and oxygen atoms in total. The normalized spacial score (nSPS) is 24.6. The van der Waals surface area contributed by atoms with Crippen molar-refractivity contribution in [1.29, 1.82) is 0 Å². The maximum atomic E-state index is 12.6. The van der Waals surface area contributed by atoms with Gasteiger partial charge in [-0.1, -0.05) is 0 Å². The van der Waals surface area contributed by atoms with Crippen LogP contribution in [0.25, 0.3) is 0 Å². The molecule has 1 aromatic rings. The Labute approximate surface area is 108 Å². The van der Waals surface area contributed by atoms with Crippen LogP contribution in [0.3, 0.4) is 0 Å². The van der Waals surface area contributed by atoms with E-state index in [0.29, 0.717) is 4.67 Å². The summed E-state index contributed by atoms with van der Waals surface area (Å²) in [4.78, 5) is 12.7. The molecule has 1 amide bonds. The summed E-state index contributed by atoms with van der Waals surface area (Å²) in [6, 6.07) is 2.83. The number of carbonyl (C=O) groups excluding carboxylic acids is 1. The fourth-order valence-corrected chi connectivity index (χ4v) is 2.09. The number of hydrogen-bond acceptors (Lipinski definition) is 3. The summed E-state index contributed by atoms with van der Waals surface area (Å²) >= 11 is 3.00. The van der Waals surface area contributed by atoms with Crippen LogP contribution < -0.4 is 0 Å². The maximum absolute atomic E-state index is 12.6. The maximum Gasteiger partial charge on any atom is 0.419 e. The molecule has 0 radical (unpaired) electrons. The third kappa shape index (κ3) is 2.26. The molecular weight excluding hydrogens is 319 g/mol. The van der Waals surface area contributed by atoms with Crippen molar-refractivity contribution in [2.75, 3.05) is 13.1 Å². The third-order valence-corrected chi connectivity index (χ3v) is 3.27. The average molecular weight is 328 g/mol. The Bertz CT molecular complexity index is 473. The summed E-state index contributed by atoms with van der Waals surface area (Å²) in [5.74, 6) is -0.728. The SMILES string of the molecule is O=C(c1ccc(Br)o1)N1CCC(O)(C(F)(F)F)C1. The minimum atomic E-state index is -4.74. The van der Waals surface area contributed by atoms with Gasteiger partial charge in [-0.05, 0) is 28.1 Å². The summed E-state index contributed by atoms with van der Waals surface area (Å²) < 4.78 is 43.0. The molecule has 1 aromatic heterocycles. The van der Waals surface area contributed by atoms with E-state index in [0.717, 1.165) is 4.90 Å². The largest absolute Gasteiger partial charge is 0.444 e. The molecule has 1 unspecified atom stereocenters. The highest BCUT2D eigenvalue weighted by molar-refractivity contribution is 9.10. The monoisotopic (exact) mass is 327 g/mol. The van der Waals surface area contributed by atoms with Crippen molar-refractivity contribution >= 4 is 21.8 Å². The van der Waals surface area contributed by atoms with E-state index >= 15 is 0 Å². The highest BCUT2D eigenvalue weighted by atomic mass is 79.9. The van der Waals surface area contributed by atoms with Crippen LogP contribution >= 0.6 is 15.9 Å². The first-order chi connectivity index (χ1) is 8.23. The van der Waals surface area contributed by atoms with E-state index < -0.39 is 30.7 Å². The Morgan fingerprint density at radius 2 is 2.17 bits per heavy atom. The van der Waals surface area contributed by atoms with Crippen LogP contribution in [-0.4, -0.2) is 40.8 Å². The van der Waals surface area contributed by atoms with Gasteiger partial charge in [0.05, 0.1) is 6.54 Å². The molecule has 0 saturated carbocycles. The second kappa shape index (κ2) is 4.27. The van der Waals surface area contributed by atoms with Crippen molar-refractivity contribution in [2.45, 2.75) is 18.2 Å². The highest BCUT2D eigenvalue weighted by Crippen LogP contribution is 2.38. The number of β-amino-alcohol motifs (C(OH)–C–C–N with tert-alkyl or cyclic N) is 1. The van der Waals surface area contributed by atoms with Gasteiger partial charge in [-0.3, -0.25) is 4.79 Å². The van der Waals surface area contributed by atoms with E-state index in [9.17, 15) is 23.1 Å². The van der Waals surface area contributed by atoms with Gasteiger partial charge >= 0.3 is 6.18 Å². The molecule has 1 N–H and O–H groups in total. The lowest BCUT2D eigenvalue weighted by atomic mass is 10.0. The number of amides is 1. The first-order valence-electron chi connectivity index (χ1n) is 5.07. The number of likely N-dealkylation sites (tertiary alicyclic amines) is 1. The van der Waals surface area contributed by atoms with E-state index in [1.54, 1.807) is 0 Å². The molecule has 0 aliphatic carbocycles. The van der Waals surface area contributed by atoms with Crippen molar-refractivity contribution in [1.82, 2.24) is 4.90 Å². The molecule has 0 spiro atoms. The van der Waals surface area contributed by atoms with Crippen molar-refractivity contribution in [3.05, 3.63) is 22.6 Å². The van der Waals surface area contributed by atoms with E-state index in [4.69, 9.17) is 4.42 Å². The fraction of sp³-hybridized carbons (Fsp3) is 0.500. The van der Waals surface area contributed by atoms with Crippen molar-refractivity contribution < 1.29 is 27.5 Å². The summed E-state index contributed by atoms with van der Waals surface area (Å²) in [5, 5.41) is 9.44. The van der Waals surface area contributed by atoms with Crippen LogP contribution in [-0.2, 0) is 0 Å². The lowest BCUT2D eigenvalue weighted by molar-refractivity contribution is -0.253. The second-order valence-electron chi connectivity index (χ2n) is 4.11. The Kier molecular flexibility index (Phi) is 3.18. The second-order valence-corrected chi connectivity index (χ2v) is 4.89. The Morgan fingerprint density at radius 1 is 1.50 bits per heavy atom. The topological polar surface area (TPSA) is 53.7 Å². The molecule has 1 aliphatic rings. The zero-order chi connectivity index (χ0) is 13.6. The molecule has 0 bridgehead atoms. The van der Waals surface area contributed by atoms with E-state index in [2.05, 4.69) is 15.9 Å². The van der Waals surface area contributed by atoms with Crippen molar-refractivity contribution in [2.24, 2.45) is 0 Å². The van der Waals surface area contributed by atoms with Gasteiger partial charge in [0.25, 0.3) is 5.91 Å². The van der Waals surface area contributed by atoms with Crippen LogP contribution in [0.5, 0.6) is 0 Å². The smallest absolute Gasteiger partial charge is 0.419 e. The van der Waals surface area contributed by atoms with Crippen LogP contribution in [0.15, 0.2) is 21.2 Å². The molecule has 0 aromatic carbocycles. The third-order valence-electron chi connectivity index (χ3n) is 2.85. The van der Waals surface area contributed by atoms with Crippen LogP contribution in [0.4, 0.5) is 13.2 Å². The number of nitrogens with zero attached hydrogens (tertiary/aromatic N) is 1. The number of rotatable bonds is 1. The number of hydrogen-bond donors (Lipinski definition) is 1. The Morgan fingerprint density at radius 3 is 2.61 bits per heavy atom. The fourth-order valence-electron chi connectivity index (χ4n) is 1.78. The number of carbonyl (C=O) groups is 1. The van der Waals surface area contributed by atoms with Crippen LogP contribution in [0.2, 0.25) is 0 Å². The molecular formula is C10H9BrF3NO3. The summed E-state index contributed by atoms with van der Waals surface area (Å²) in [6.07, 6.45) is -5.27. The zero-order valence-electron chi connectivity index (χ0n) is 9.00. The standard InChI is InChI=1S/C10H9BrF3NO3/c11-7-2-1-6(18-7)8(16)15-4-3-9(17,5-15)10(12,13)14/h1-2,17H,3-5H2. The molecule has 2 rings (SSSR count). The number of aliphatic hydroxyl groups is 1. The van der Waals surface area contributed by atoms with Gasteiger partial charge < -0.3 is 14.4 Å². The molecule has 8 heteroatoms. The Balaban J connectivity index is 2.12. The number of halogens is 4. The van der Waals surface area contributed by atoms with Gasteiger partial charge in [0, 0.05) is 13.0 Å². The molecule has 1 fully saturated rings. The van der Waals surface area contributed by atoms with Gasteiger partial charge in [-0.15, -0.1) is 0 Å². The number of alkyl halides is 3. The summed E-state index contributed by atoms with van der Waals surface area (Å²) in [5.41, 5.74) is -2.83. The molecule has 100 valence electrons. The van der Waals surface area contributed by atoms with Gasteiger partial charge in [-0.25, -0.2) is 0 Å². The van der Waals surface area contributed by atoms with Gasteiger partial charge in [0.2, 0.25) is 0 Å². The Hall–Kier alpha value is -1.02. The molecule has 2 heterocycles. The van der Waals surface area contributed by atoms with Crippen LogP contribution in [0, 0.1) is 0 Å². The molecule has 1 aliphatic heterocycles. The van der Waals surface area contributed by atoms with Gasteiger partial charge in [0.1, 0.15) is 0 Å². The predicted octanol–water partition coefficient (Wildman–Crippen LogP) is 2.18. The average Bonchev–Trinajstić information content (AvgIpc) is 2.84. The van der Waals surface area contributed by atoms with E-state index in [1.807, 2.05) is 0 Å². The van der Waals surface area contributed by atoms with E-state index in [1.165, 1.54) is 12.1 Å². The summed E-state index contributed by atoms with van der Waals surface area (Å²) in [7, 11) is 0. The minimum Gasteiger partial charge on any atom is -0.444 e. The number of furan rings is 1. The van der Waals surface area contributed by atoms with E-state index in [-0.39, 0.29) is 12.3 Å². The zero-order valence-corrected chi connectivity index (χ0v) is 10.6. The first kappa shape index (κ1) is 13.4. The van der Waals surface area contributed by atoms with Crippen molar-refractivity contribution in [3.8, 4) is 0 Å². The summed E-state index contributed by atoms with van der Waals surface area (Å²) in [6.45, 7) is -0.930. The van der Waals surface area contributed by atoms with Gasteiger partial charge in [-0.2, -0.15) is 13.2 Å². The predicted molar refractivity (Wildman–Crippen MR) is 57.9 cm³/mol. The minimum absolute atomic E-state index is 0.0618. The molecule has 18 heavy (non-hydrogen) atoms. The molecule has 1 saturated heterocycles. The van der Waals surface area contributed by atoms with Gasteiger partial charge in [0.15, 0.2) is 16.0 Å². The molecule has 1 atom stereocenters. The highest BCUT2D eigenvalue weighted by Gasteiger charge is 2.58. The lowest BCUT2D eigenvalue weighted by Crippen LogP contribution is -2.48. The van der Waals surface area contributed by atoms with Crippen LogP contribution in [0.1, 0.15) is 17.0 Å². The van der Waals surface area contributed by atoms with Crippen molar-refractivity contribution in [3.63, 3.8) is 0 Å².